The van der Waals surface area contributed by atoms with Gasteiger partial charge in [-0.25, -0.2) is 4.79 Å². The second-order valence-electron chi connectivity index (χ2n) is 4.54. The number of hydrogen-bond donors (Lipinski definition) is 1. The third-order valence-corrected chi connectivity index (χ3v) is 3.09. The number of ether oxygens (including phenoxy) is 1. The Morgan fingerprint density at radius 2 is 1.71 bits per heavy atom. The molecule has 2 aromatic rings. The number of carbonyl (C=O) groups excluding carboxylic acids is 2. The van der Waals surface area contributed by atoms with Crippen LogP contribution in [-0.4, -0.2) is 19.0 Å². The van der Waals surface area contributed by atoms with Crippen LogP contribution in [-0.2, 0) is 4.74 Å². The Hall–Kier alpha value is -2.33. The Morgan fingerprint density at radius 3 is 2.29 bits per heavy atom. The van der Waals surface area contributed by atoms with Crippen molar-refractivity contribution >= 4 is 29.2 Å². The van der Waals surface area contributed by atoms with Crippen molar-refractivity contribution in [3.05, 3.63) is 64.2 Å². The lowest BCUT2D eigenvalue weighted by Crippen LogP contribution is -2.12. The number of rotatable bonds is 3. The molecule has 0 bridgehead atoms. The van der Waals surface area contributed by atoms with Crippen molar-refractivity contribution in [1.29, 1.82) is 0 Å². The third kappa shape index (κ3) is 3.83. The molecule has 2 rings (SSSR count). The molecule has 5 heteroatoms. The van der Waals surface area contributed by atoms with Crippen molar-refractivity contribution in [2.24, 2.45) is 0 Å². The monoisotopic (exact) mass is 303 g/mol. The molecule has 0 saturated heterocycles. The van der Waals surface area contributed by atoms with Gasteiger partial charge in [0.05, 0.1) is 12.7 Å². The van der Waals surface area contributed by atoms with Gasteiger partial charge >= 0.3 is 5.97 Å². The largest absolute Gasteiger partial charge is 0.465 e. The molecule has 0 fully saturated rings. The SMILES string of the molecule is COC(=O)c1ccc(NC(=O)c2cc(C)cc(Cl)c2)cc1. The first-order valence-electron chi connectivity index (χ1n) is 6.26. The molecule has 0 aliphatic heterocycles. The molecule has 1 N–H and O–H groups in total. The van der Waals surface area contributed by atoms with Crippen LogP contribution in [0.25, 0.3) is 0 Å². The first kappa shape index (κ1) is 15.1. The van der Waals surface area contributed by atoms with Crippen LogP contribution >= 0.6 is 11.6 Å². The molecule has 0 atom stereocenters. The molecule has 0 heterocycles. The Bertz CT molecular complexity index is 660. The molecule has 1 amide bonds. The Morgan fingerprint density at radius 1 is 1.05 bits per heavy atom. The highest BCUT2D eigenvalue weighted by atomic mass is 35.5. The Balaban J connectivity index is 2.14. The third-order valence-electron chi connectivity index (χ3n) is 2.87. The van der Waals surface area contributed by atoms with Gasteiger partial charge in [-0.15, -0.1) is 0 Å². The molecule has 0 spiro atoms. The molecule has 0 aromatic heterocycles. The number of amides is 1. The maximum atomic E-state index is 12.1. The quantitative estimate of drug-likeness (QED) is 0.880. The highest BCUT2D eigenvalue weighted by molar-refractivity contribution is 6.31. The summed E-state index contributed by atoms with van der Waals surface area (Å²) in [5, 5.41) is 3.26. The first-order valence-corrected chi connectivity index (χ1v) is 6.64. The second kappa shape index (κ2) is 6.41. The summed E-state index contributed by atoms with van der Waals surface area (Å²) in [4.78, 5) is 23.5. The summed E-state index contributed by atoms with van der Waals surface area (Å²) in [6.45, 7) is 1.87. The van der Waals surface area contributed by atoms with Gasteiger partial charge in [0.2, 0.25) is 0 Å². The number of methoxy groups -OCH3 is 1. The minimum atomic E-state index is -0.418. The number of benzene rings is 2. The van der Waals surface area contributed by atoms with E-state index in [1.54, 1.807) is 42.5 Å². The van der Waals surface area contributed by atoms with Crippen molar-refractivity contribution in [2.75, 3.05) is 12.4 Å². The van der Waals surface area contributed by atoms with E-state index in [9.17, 15) is 9.59 Å². The predicted octanol–water partition coefficient (Wildman–Crippen LogP) is 3.69. The number of aryl methyl sites for hydroxylation is 1. The summed E-state index contributed by atoms with van der Waals surface area (Å²) in [5.74, 6) is -0.676. The van der Waals surface area contributed by atoms with Crippen LogP contribution in [0.5, 0.6) is 0 Å². The molecular weight excluding hydrogens is 290 g/mol. The van der Waals surface area contributed by atoms with E-state index in [2.05, 4.69) is 10.1 Å². The number of nitrogens with one attached hydrogen (secondary N) is 1. The topological polar surface area (TPSA) is 55.4 Å². The lowest BCUT2D eigenvalue weighted by molar-refractivity contribution is 0.0600. The summed E-state index contributed by atoms with van der Waals surface area (Å²) in [5.41, 5.74) is 2.41. The van der Waals surface area contributed by atoms with Gasteiger partial charge in [-0.3, -0.25) is 4.79 Å². The van der Waals surface area contributed by atoms with Gasteiger partial charge in [-0.05, 0) is 55.0 Å². The zero-order valence-electron chi connectivity index (χ0n) is 11.6. The summed E-state index contributed by atoms with van der Waals surface area (Å²) >= 11 is 5.94. The van der Waals surface area contributed by atoms with Crippen LogP contribution in [0.2, 0.25) is 5.02 Å². The first-order chi connectivity index (χ1) is 9.99. The predicted molar refractivity (Wildman–Crippen MR) is 81.9 cm³/mol. The number of esters is 1. The molecule has 21 heavy (non-hydrogen) atoms. The van der Waals surface area contributed by atoms with Crippen LogP contribution in [0.15, 0.2) is 42.5 Å². The fraction of sp³-hybridized carbons (Fsp3) is 0.125. The van der Waals surface area contributed by atoms with Crippen molar-refractivity contribution < 1.29 is 14.3 Å². The van der Waals surface area contributed by atoms with Crippen LogP contribution in [0.1, 0.15) is 26.3 Å². The van der Waals surface area contributed by atoms with E-state index in [4.69, 9.17) is 11.6 Å². The minimum absolute atomic E-state index is 0.258. The molecular formula is C16H14ClNO3. The molecule has 0 aliphatic rings. The normalized spacial score (nSPS) is 10.0. The van der Waals surface area contributed by atoms with E-state index in [1.807, 2.05) is 6.92 Å². The summed E-state index contributed by atoms with van der Waals surface area (Å²) in [6.07, 6.45) is 0. The Labute approximate surface area is 127 Å². The van der Waals surface area contributed by atoms with Gasteiger partial charge in [-0.2, -0.15) is 0 Å². The highest BCUT2D eigenvalue weighted by Gasteiger charge is 2.09. The van der Waals surface area contributed by atoms with Gasteiger partial charge in [0.1, 0.15) is 0 Å². The lowest BCUT2D eigenvalue weighted by Gasteiger charge is -2.07. The number of hydrogen-bond acceptors (Lipinski definition) is 3. The van der Waals surface area contributed by atoms with Gasteiger partial charge in [0.15, 0.2) is 0 Å². The van der Waals surface area contributed by atoms with Crippen LogP contribution < -0.4 is 5.32 Å². The Kier molecular flexibility index (Phi) is 4.60. The number of carbonyl (C=O) groups is 2. The van der Waals surface area contributed by atoms with E-state index in [-0.39, 0.29) is 5.91 Å². The standard InChI is InChI=1S/C16H14ClNO3/c1-10-7-12(9-13(17)8-10)15(19)18-14-5-3-11(4-6-14)16(20)21-2/h3-9H,1-2H3,(H,18,19). The van der Waals surface area contributed by atoms with Crippen molar-refractivity contribution in [1.82, 2.24) is 0 Å². The molecule has 2 aromatic carbocycles. The molecule has 0 saturated carbocycles. The summed E-state index contributed by atoms with van der Waals surface area (Å²) in [6, 6.07) is 11.6. The number of anilines is 1. The van der Waals surface area contributed by atoms with Crippen molar-refractivity contribution in [3.8, 4) is 0 Å². The van der Waals surface area contributed by atoms with Gasteiger partial charge < -0.3 is 10.1 Å². The summed E-state index contributed by atoms with van der Waals surface area (Å²) < 4.78 is 4.61. The van der Waals surface area contributed by atoms with Gasteiger partial charge in [0.25, 0.3) is 5.91 Å². The van der Waals surface area contributed by atoms with E-state index < -0.39 is 5.97 Å². The van der Waals surface area contributed by atoms with Crippen LogP contribution in [0, 0.1) is 6.92 Å². The maximum absolute atomic E-state index is 12.1. The fourth-order valence-corrected chi connectivity index (χ4v) is 2.17. The highest BCUT2D eigenvalue weighted by Crippen LogP contribution is 2.17. The van der Waals surface area contributed by atoms with Crippen LogP contribution in [0.3, 0.4) is 0 Å². The average Bonchev–Trinajstić information content (AvgIpc) is 2.46. The van der Waals surface area contributed by atoms with Crippen LogP contribution in [0.4, 0.5) is 5.69 Å². The molecule has 4 nitrogen and oxygen atoms in total. The van der Waals surface area contributed by atoms with E-state index >= 15 is 0 Å². The molecule has 0 unspecified atom stereocenters. The van der Waals surface area contributed by atoms with Gasteiger partial charge in [0, 0.05) is 16.3 Å². The van der Waals surface area contributed by atoms with Crippen molar-refractivity contribution in [2.45, 2.75) is 6.92 Å². The maximum Gasteiger partial charge on any atom is 0.337 e. The minimum Gasteiger partial charge on any atom is -0.465 e. The summed E-state index contributed by atoms with van der Waals surface area (Å²) in [7, 11) is 1.32. The van der Waals surface area contributed by atoms with E-state index in [0.29, 0.717) is 21.8 Å². The zero-order valence-corrected chi connectivity index (χ0v) is 12.4. The second-order valence-corrected chi connectivity index (χ2v) is 4.98. The average molecular weight is 304 g/mol. The smallest absolute Gasteiger partial charge is 0.337 e. The zero-order chi connectivity index (χ0) is 15.4. The molecule has 0 radical (unpaired) electrons. The van der Waals surface area contributed by atoms with Crippen molar-refractivity contribution in [3.63, 3.8) is 0 Å². The van der Waals surface area contributed by atoms with E-state index in [0.717, 1.165) is 5.56 Å². The number of halogens is 1. The van der Waals surface area contributed by atoms with Gasteiger partial charge in [-0.1, -0.05) is 11.6 Å². The lowest BCUT2D eigenvalue weighted by atomic mass is 10.1. The van der Waals surface area contributed by atoms with E-state index in [1.165, 1.54) is 7.11 Å². The molecule has 0 aliphatic carbocycles. The molecule has 108 valence electrons. The fourth-order valence-electron chi connectivity index (χ4n) is 1.88.